The van der Waals surface area contributed by atoms with E-state index in [0.717, 1.165) is 0 Å². The first-order valence-corrected chi connectivity index (χ1v) is 1.94. The Labute approximate surface area is 38.0 Å². The van der Waals surface area contributed by atoms with Gasteiger partial charge in [-0.25, -0.2) is 0 Å². The molecule has 1 N–H and O–H groups in total. The Kier molecular flexibility index (Phi) is 2.80. The van der Waals surface area contributed by atoms with Crippen molar-refractivity contribution in [2.24, 2.45) is 0 Å². The fourth-order valence-corrected chi connectivity index (χ4v) is 0. The molecule has 0 bridgehead atoms. The lowest BCUT2D eigenvalue weighted by Crippen LogP contribution is -2.01. The van der Waals surface area contributed by atoms with E-state index in [0.29, 0.717) is 0 Å². The summed E-state index contributed by atoms with van der Waals surface area (Å²) >= 11 is 3.60. The first-order chi connectivity index (χ1) is 2.27. The van der Waals surface area contributed by atoms with E-state index in [4.69, 9.17) is 5.11 Å². The van der Waals surface area contributed by atoms with Crippen molar-refractivity contribution in [3.05, 3.63) is 0 Å². The smallest absolute Gasteiger partial charge is 0.159 e. The monoisotopic (exact) mass is 89.0 g/mol. The van der Waals surface area contributed by atoms with Crippen molar-refractivity contribution in [2.75, 3.05) is 0 Å². The van der Waals surface area contributed by atoms with Crippen molar-refractivity contribution < 1.29 is 5.11 Å². The van der Waals surface area contributed by atoms with Gasteiger partial charge in [-0.3, -0.25) is 0 Å². The van der Waals surface area contributed by atoms with E-state index >= 15 is 0 Å². The molecule has 0 aromatic rings. The summed E-state index contributed by atoms with van der Waals surface area (Å²) < 4.78 is 0. The van der Waals surface area contributed by atoms with E-state index in [2.05, 4.69) is 12.6 Å². The van der Waals surface area contributed by atoms with Crippen LogP contribution in [0.3, 0.4) is 0 Å². The van der Waals surface area contributed by atoms with Crippen molar-refractivity contribution in [3.63, 3.8) is 0 Å². The third-order valence-electron chi connectivity index (χ3n) is 0.298. The maximum absolute atomic E-state index is 8.17. The first-order valence-electron chi connectivity index (χ1n) is 1.43. The standard InChI is InChI=1S/C2H6BOS/c1-3-2(4)5/h2,4-5H,1H3. The van der Waals surface area contributed by atoms with Gasteiger partial charge in [0, 0.05) is 0 Å². The SMILES string of the molecule is C[B]C(O)S. The van der Waals surface area contributed by atoms with E-state index in [9.17, 15) is 0 Å². The second-order valence-corrected chi connectivity index (χ2v) is 1.28. The zero-order chi connectivity index (χ0) is 4.28. The predicted octanol–water partition coefficient (Wildman–Crippen LogP) is -0.0556. The molecule has 0 aromatic heterocycles. The summed E-state index contributed by atoms with van der Waals surface area (Å²) in [4.78, 5) is 0. The highest BCUT2D eigenvalue weighted by Gasteiger charge is 1.85. The van der Waals surface area contributed by atoms with E-state index in [1.54, 1.807) is 14.1 Å². The Hall–Kier alpha value is 0.375. The molecule has 5 heavy (non-hydrogen) atoms. The van der Waals surface area contributed by atoms with Crippen LogP contribution in [0.25, 0.3) is 0 Å². The van der Waals surface area contributed by atoms with Crippen LogP contribution in [0.2, 0.25) is 6.82 Å². The highest BCUT2D eigenvalue weighted by Crippen LogP contribution is 1.80. The van der Waals surface area contributed by atoms with Crippen LogP contribution >= 0.6 is 12.6 Å². The third kappa shape index (κ3) is 4.37. The molecule has 0 saturated heterocycles. The number of rotatable bonds is 1. The van der Waals surface area contributed by atoms with Gasteiger partial charge < -0.3 is 5.11 Å². The molecule has 0 saturated carbocycles. The van der Waals surface area contributed by atoms with Gasteiger partial charge in [-0.1, -0.05) is 6.82 Å². The number of aliphatic hydroxyl groups excluding tert-OH is 1. The van der Waals surface area contributed by atoms with Crippen molar-refractivity contribution >= 4 is 19.9 Å². The summed E-state index contributed by atoms with van der Waals surface area (Å²) in [6, 6.07) is 0. The number of hydrogen-bond acceptors (Lipinski definition) is 2. The lowest BCUT2D eigenvalue weighted by molar-refractivity contribution is 0.338. The summed E-state index contributed by atoms with van der Waals surface area (Å²) in [6.45, 7) is 1.75. The highest BCUT2D eigenvalue weighted by atomic mass is 32.1. The summed E-state index contributed by atoms with van der Waals surface area (Å²) in [7, 11) is 1.59. The van der Waals surface area contributed by atoms with Crippen LogP contribution in [-0.4, -0.2) is 17.7 Å². The summed E-state index contributed by atoms with van der Waals surface area (Å²) in [6.07, 6.45) is 0. The van der Waals surface area contributed by atoms with E-state index in [1.807, 2.05) is 0 Å². The van der Waals surface area contributed by atoms with Gasteiger partial charge in [-0.2, -0.15) is 12.6 Å². The van der Waals surface area contributed by atoms with Crippen LogP contribution in [0.5, 0.6) is 0 Å². The average Bonchev–Trinajstić information content (AvgIpc) is 1.38. The van der Waals surface area contributed by atoms with Gasteiger partial charge in [-0.15, -0.1) is 0 Å². The van der Waals surface area contributed by atoms with Crippen molar-refractivity contribution in [1.82, 2.24) is 0 Å². The second kappa shape index (κ2) is 2.60. The minimum Gasteiger partial charge on any atom is -0.392 e. The number of thiol groups is 1. The molecule has 1 nitrogen and oxygen atoms in total. The molecular weight excluding hydrogens is 82.9 g/mol. The minimum absolute atomic E-state index is 0.546. The molecule has 29 valence electrons. The van der Waals surface area contributed by atoms with Crippen LogP contribution in [0.15, 0.2) is 0 Å². The van der Waals surface area contributed by atoms with Gasteiger partial charge in [0.1, 0.15) is 0 Å². The Bertz CT molecular complexity index is 23.6. The zero-order valence-electron chi connectivity index (χ0n) is 3.05. The largest absolute Gasteiger partial charge is 0.392 e. The quantitative estimate of drug-likeness (QED) is 0.262. The molecule has 0 aliphatic heterocycles. The number of aliphatic hydroxyl groups is 1. The molecule has 0 amide bonds. The Morgan fingerprint density at radius 1 is 2.00 bits per heavy atom. The van der Waals surface area contributed by atoms with Gasteiger partial charge >= 0.3 is 0 Å². The second-order valence-electron chi connectivity index (χ2n) is 0.747. The molecule has 3 heteroatoms. The molecule has 0 spiro atoms. The molecule has 1 unspecified atom stereocenters. The molecule has 1 radical (unpaired) electrons. The van der Waals surface area contributed by atoms with Crippen LogP contribution < -0.4 is 0 Å². The van der Waals surface area contributed by atoms with Gasteiger partial charge in [0.15, 0.2) is 7.28 Å². The Morgan fingerprint density at radius 3 is 2.20 bits per heavy atom. The fraction of sp³-hybridized carbons (Fsp3) is 1.00. The molecule has 0 aliphatic rings. The number of hydrogen-bond donors (Lipinski definition) is 2. The van der Waals surface area contributed by atoms with Gasteiger partial charge in [0.25, 0.3) is 0 Å². The van der Waals surface area contributed by atoms with Crippen LogP contribution in [0.4, 0.5) is 0 Å². The summed E-state index contributed by atoms with van der Waals surface area (Å²) in [5.74, 6) is 0. The Morgan fingerprint density at radius 2 is 2.20 bits per heavy atom. The zero-order valence-corrected chi connectivity index (χ0v) is 3.94. The molecule has 0 rings (SSSR count). The molecule has 0 aromatic carbocycles. The first kappa shape index (κ1) is 5.37. The van der Waals surface area contributed by atoms with Crippen LogP contribution in [-0.2, 0) is 0 Å². The molecular formula is C2H6BOS. The predicted molar refractivity (Wildman–Crippen MR) is 26.6 cm³/mol. The van der Waals surface area contributed by atoms with E-state index in [-0.39, 0.29) is 0 Å². The fourth-order valence-electron chi connectivity index (χ4n) is 0. The lowest BCUT2D eigenvalue weighted by atomic mass is 9.84. The topological polar surface area (TPSA) is 20.2 Å². The van der Waals surface area contributed by atoms with E-state index < -0.39 is 5.34 Å². The van der Waals surface area contributed by atoms with Crippen molar-refractivity contribution in [3.8, 4) is 0 Å². The highest BCUT2D eigenvalue weighted by molar-refractivity contribution is 7.82. The van der Waals surface area contributed by atoms with Crippen molar-refractivity contribution in [1.29, 1.82) is 0 Å². The van der Waals surface area contributed by atoms with Crippen LogP contribution in [0.1, 0.15) is 0 Å². The maximum atomic E-state index is 8.17. The summed E-state index contributed by atoms with van der Waals surface area (Å²) in [5, 5.41) is 7.62. The third-order valence-corrected chi connectivity index (χ3v) is 0.596. The van der Waals surface area contributed by atoms with Crippen molar-refractivity contribution in [2.45, 2.75) is 12.2 Å². The molecule has 0 fully saturated rings. The Balaban J connectivity index is 2.54. The van der Waals surface area contributed by atoms with Crippen LogP contribution in [0, 0.1) is 0 Å². The molecule has 0 heterocycles. The van der Waals surface area contributed by atoms with E-state index in [1.165, 1.54) is 0 Å². The average molecular weight is 88.9 g/mol. The van der Waals surface area contributed by atoms with Gasteiger partial charge in [-0.05, 0) is 0 Å². The lowest BCUT2D eigenvalue weighted by Gasteiger charge is -1.87. The minimum atomic E-state index is -0.546. The van der Waals surface area contributed by atoms with Gasteiger partial charge in [0.2, 0.25) is 0 Å². The summed E-state index contributed by atoms with van der Waals surface area (Å²) in [5.41, 5.74) is 0. The normalized spacial score (nSPS) is 14.2. The van der Waals surface area contributed by atoms with Gasteiger partial charge in [0.05, 0.1) is 5.34 Å². The maximum Gasteiger partial charge on any atom is 0.159 e. The molecule has 1 atom stereocenters. The molecule has 0 aliphatic carbocycles.